The molecule has 21 heavy (non-hydrogen) atoms. The second-order valence-electron chi connectivity index (χ2n) is 4.38. The average molecular weight is 290 g/mol. The van der Waals surface area contributed by atoms with Gasteiger partial charge >= 0.3 is 0 Å². The van der Waals surface area contributed by atoms with Crippen LogP contribution in [0.1, 0.15) is 5.56 Å². The Bertz CT molecular complexity index is 647. The predicted octanol–water partition coefficient (Wildman–Crippen LogP) is 1.92. The fraction of sp³-hybridized carbons (Fsp3) is 0.133. The predicted molar refractivity (Wildman–Crippen MR) is 77.3 cm³/mol. The van der Waals surface area contributed by atoms with Crippen LogP contribution in [0.3, 0.4) is 0 Å². The van der Waals surface area contributed by atoms with Crippen molar-refractivity contribution < 1.29 is 19.0 Å². The molecule has 0 bridgehead atoms. The summed E-state index contributed by atoms with van der Waals surface area (Å²) in [5, 5.41) is 11.6. The Kier molecular flexibility index (Phi) is 4.73. The summed E-state index contributed by atoms with van der Waals surface area (Å²) in [6.07, 6.45) is 0. The first-order valence-corrected chi connectivity index (χ1v) is 6.26. The number of rotatable bonds is 5. The van der Waals surface area contributed by atoms with Crippen LogP contribution in [0.2, 0.25) is 0 Å². The number of aliphatic hydroxyl groups excluding tert-OH is 1. The summed E-state index contributed by atoms with van der Waals surface area (Å²) in [7, 11) is 0. The van der Waals surface area contributed by atoms with E-state index in [1.54, 1.807) is 24.3 Å². The molecule has 0 heterocycles. The summed E-state index contributed by atoms with van der Waals surface area (Å²) in [4.78, 5) is 11.7. The number of benzene rings is 2. The molecule has 0 saturated heterocycles. The molecule has 2 rings (SSSR count). The summed E-state index contributed by atoms with van der Waals surface area (Å²) >= 11 is 0. The van der Waals surface area contributed by atoms with Gasteiger partial charge in [-0.3, -0.25) is 4.79 Å². The van der Waals surface area contributed by atoms with Gasteiger partial charge in [0, 0.05) is 5.69 Å². The number of carbonyl (C=O) groups is 1. The molecule has 2 aromatic rings. The highest BCUT2D eigenvalue weighted by atomic mass is 19.1. The number of ether oxygens (including phenoxy) is 1. The van der Waals surface area contributed by atoms with E-state index in [-0.39, 0.29) is 18.9 Å². The van der Waals surface area contributed by atoms with Gasteiger partial charge in [-0.25, -0.2) is 4.39 Å². The fourth-order valence-electron chi connectivity index (χ4n) is 1.70. The molecule has 110 valence electrons. The zero-order valence-electron chi connectivity index (χ0n) is 11.2. The summed E-state index contributed by atoms with van der Waals surface area (Å²) < 4.78 is 18.3. The van der Waals surface area contributed by atoms with Crippen molar-refractivity contribution in [2.24, 2.45) is 0 Å². The maximum absolute atomic E-state index is 13.0. The van der Waals surface area contributed by atoms with Gasteiger partial charge in [0.15, 0.2) is 6.61 Å². The van der Waals surface area contributed by atoms with Gasteiger partial charge in [0.25, 0.3) is 5.91 Å². The lowest BCUT2D eigenvalue weighted by atomic mass is 10.2. The first-order valence-electron chi connectivity index (χ1n) is 6.26. The third-order valence-electron chi connectivity index (χ3n) is 2.73. The van der Waals surface area contributed by atoms with E-state index in [4.69, 9.17) is 15.6 Å². The third-order valence-corrected chi connectivity index (χ3v) is 2.73. The third kappa shape index (κ3) is 4.19. The first-order chi connectivity index (χ1) is 10.1. The zero-order valence-corrected chi connectivity index (χ0v) is 11.2. The van der Waals surface area contributed by atoms with E-state index in [2.05, 4.69) is 5.32 Å². The summed E-state index contributed by atoms with van der Waals surface area (Å²) in [6, 6.07) is 10.7. The number of nitrogens with one attached hydrogen (secondary N) is 1. The summed E-state index contributed by atoms with van der Waals surface area (Å²) in [5.74, 6) is -0.448. The minimum atomic E-state index is -0.537. The molecular weight excluding hydrogens is 275 g/mol. The van der Waals surface area contributed by atoms with Gasteiger partial charge in [0.1, 0.15) is 11.6 Å². The maximum Gasteiger partial charge on any atom is 0.262 e. The molecule has 6 heteroatoms. The number of hydrogen-bond acceptors (Lipinski definition) is 4. The number of hydrogen-bond donors (Lipinski definition) is 3. The lowest BCUT2D eigenvalue weighted by molar-refractivity contribution is -0.118. The van der Waals surface area contributed by atoms with E-state index in [0.717, 1.165) is 0 Å². The Hall–Kier alpha value is -2.60. The number of carbonyl (C=O) groups excluding carboxylic acids is 1. The summed E-state index contributed by atoms with van der Waals surface area (Å²) in [6.45, 7) is -0.301. The lowest BCUT2D eigenvalue weighted by Crippen LogP contribution is -2.20. The molecule has 0 aliphatic rings. The molecule has 0 spiro atoms. The van der Waals surface area contributed by atoms with E-state index >= 15 is 0 Å². The minimum absolute atomic E-state index is 0.0376. The Morgan fingerprint density at radius 1 is 1.29 bits per heavy atom. The standard InChI is InChI=1S/C15H15FN2O3/c16-13-5-4-11(7-14(13)17)18-15(20)9-21-12-3-1-2-10(6-12)8-19/h1-7,19H,8-9,17H2,(H,18,20). The molecule has 0 radical (unpaired) electrons. The van der Waals surface area contributed by atoms with Crippen molar-refractivity contribution in [3.8, 4) is 5.75 Å². The molecule has 0 unspecified atom stereocenters. The topological polar surface area (TPSA) is 84.6 Å². The van der Waals surface area contributed by atoms with Crippen molar-refractivity contribution in [3.05, 3.63) is 53.8 Å². The van der Waals surface area contributed by atoms with E-state index in [9.17, 15) is 9.18 Å². The first kappa shape index (κ1) is 14.8. The molecule has 0 aromatic heterocycles. The van der Waals surface area contributed by atoms with E-state index in [1.165, 1.54) is 18.2 Å². The molecule has 0 aliphatic heterocycles. The van der Waals surface area contributed by atoms with Crippen molar-refractivity contribution in [3.63, 3.8) is 0 Å². The van der Waals surface area contributed by atoms with Crippen LogP contribution >= 0.6 is 0 Å². The lowest BCUT2D eigenvalue weighted by Gasteiger charge is -2.09. The van der Waals surface area contributed by atoms with Crippen molar-refractivity contribution in [1.82, 2.24) is 0 Å². The number of amides is 1. The van der Waals surface area contributed by atoms with Crippen LogP contribution in [-0.2, 0) is 11.4 Å². The van der Waals surface area contributed by atoms with Gasteiger partial charge in [-0.05, 0) is 35.9 Å². The normalized spacial score (nSPS) is 10.2. The van der Waals surface area contributed by atoms with E-state index in [0.29, 0.717) is 17.0 Å². The largest absolute Gasteiger partial charge is 0.484 e. The molecule has 4 N–H and O–H groups in total. The molecule has 5 nitrogen and oxygen atoms in total. The smallest absolute Gasteiger partial charge is 0.262 e. The van der Waals surface area contributed by atoms with E-state index in [1.807, 2.05) is 0 Å². The number of halogens is 1. The van der Waals surface area contributed by atoms with Crippen LogP contribution in [0.15, 0.2) is 42.5 Å². The quantitative estimate of drug-likeness (QED) is 0.734. The molecule has 0 atom stereocenters. The SMILES string of the molecule is Nc1cc(NC(=O)COc2cccc(CO)c2)ccc1F. The van der Waals surface area contributed by atoms with Crippen LogP contribution < -0.4 is 15.8 Å². The molecule has 0 fully saturated rings. The number of anilines is 2. The van der Waals surface area contributed by atoms with Crippen LogP contribution in [-0.4, -0.2) is 17.6 Å². The van der Waals surface area contributed by atoms with Crippen molar-refractivity contribution in [2.45, 2.75) is 6.61 Å². The van der Waals surface area contributed by atoms with Gasteiger partial charge in [0.2, 0.25) is 0 Å². The monoisotopic (exact) mass is 290 g/mol. The van der Waals surface area contributed by atoms with Gasteiger partial charge in [-0.15, -0.1) is 0 Å². The van der Waals surface area contributed by atoms with Gasteiger partial charge in [-0.1, -0.05) is 12.1 Å². The Balaban J connectivity index is 1.91. The average Bonchev–Trinajstić information content (AvgIpc) is 2.49. The second kappa shape index (κ2) is 6.71. The Morgan fingerprint density at radius 3 is 2.81 bits per heavy atom. The molecule has 0 aliphatic carbocycles. The molecule has 0 saturated carbocycles. The highest BCUT2D eigenvalue weighted by molar-refractivity contribution is 5.92. The van der Waals surface area contributed by atoms with Gasteiger partial charge in [0.05, 0.1) is 12.3 Å². The second-order valence-corrected chi connectivity index (χ2v) is 4.38. The maximum atomic E-state index is 13.0. The number of nitrogens with two attached hydrogens (primary N) is 1. The van der Waals surface area contributed by atoms with Crippen molar-refractivity contribution in [1.29, 1.82) is 0 Å². The zero-order chi connectivity index (χ0) is 15.2. The van der Waals surface area contributed by atoms with Crippen molar-refractivity contribution >= 4 is 17.3 Å². The van der Waals surface area contributed by atoms with Crippen molar-refractivity contribution in [2.75, 3.05) is 17.7 Å². The number of aliphatic hydroxyl groups is 1. The Labute approximate surface area is 121 Å². The minimum Gasteiger partial charge on any atom is -0.484 e. The van der Waals surface area contributed by atoms with Crippen LogP contribution in [0, 0.1) is 5.82 Å². The van der Waals surface area contributed by atoms with Crippen LogP contribution in [0.5, 0.6) is 5.75 Å². The molecular formula is C15H15FN2O3. The van der Waals surface area contributed by atoms with Gasteiger partial charge < -0.3 is 20.9 Å². The number of nitrogen functional groups attached to an aromatic ring is 1. The molecule has 2 aromatic carbocycles. The van der Waals surface area contributed by atoms with E-state index < -0.39 is 11.7 Å². The van der Waals surface area contributed by atoms with Crippen LogP contribution in [0.4, 0.5) is 15.8 Å². The highest BCUT2D eigenvalue weighted by Crippen LogP contribution is 2.17. The van der Waals surface area contributed by atoms with Crippen LogP contribution in [0.25, 0.3) is 0 Å². The Morgan fingerprint density at radius 2 is 2.10 bits per heavy atom. The summed E-state index contributed by atoms with van der Waals surface area (Å²) in [5.41, 5.74) is 6.46. The molecule has 1 amide bonds. The van der Waals surface area contributed by atoms with Gasteiger partial charge in [-0.2, -0.15) is 0 Å². The fourth-order valence-corrected chi connectivity index (χ4v) is 1.70. The highest BCUT2D eigenvalue weighted by Gasteiger charge is 2.06.